The first-order valence-electron chi connectivity index (χ1n) is 5.71. The molecular formula is C12H18O4. The molecule has 2 N–H and O–H groups in total. The summed E-state index contributed by atoms with van der Waals surface area (Å²) in [6.07, 6.45) is 5.60. The zero-order chi connectivity index (χ0) is 12.0. The van der Waals surface area contributed by atoms with E-state index >= 15 is 0 Å². The Labute approximate surface area is 95.0 Å². The molecule has 0 saturated heterocycles. The van der Waals surface area contributed by atoms with Crippen molar-refractivity contribution in [2.45, 2.75) is 51.0 Å². The van der Waals surface area contributed by atoms with Gasteiger partial charge < -0.3 is 10.2 Å². The van der Waals surface area contributed by atoms with Crippen LogP contribution < -0.4 is 0 Å². The molecule has 0 aliphatic heterocycles. The average Bonchev–Trinajstić information content (AvgIpc) is 2.50. The summed E-state index contributed by atoms with van der Waals surface area (Å²) in [4.78, 5) is 21.5. The number of carbonyl (C=O) groups excluding carboxylic acids is 1. The number of allylic oxidation sites excluding steroid dienone is 1. The standard InChI is InChI=1S/C12H18O4/c13-10-7-9(11(14)8-10)5-3-1-2-4-6-12(15)16/h5,10,13H,1-4,6-8H2,(H,15,16)/b9-5-. The van der Waals surface area contributed by atoms with Gasteiger partial charge in [-0.05, 0) is 24.8 Å². The van der Waals surface area contributed by atoms with Gasteiger partial charge in [0.1, 0.15) is 0 Å². The Bertz CT molecular complexity index is 293. The van der Waals surface area contributed by atoms with Crippen molar-refractivity contribution in [1.82, 2.24) is 0 Å². The molecule has 0 aromatic heterocycles. The molecule has 1 rings (SSSR count). The topological polar surface area (TPSA) is 74.6 Å². The highest BCUT2D eigenvalue weighted by molar-refractivity contribution is 5.98. The lowest BCUT2D eigenvalue weighted by atomic mass is 10.1. The highest BCUT2D eigenvalue weighted by Gasteiger charge is 2.24. The van der Waals surface area contributed by atoms with Crippen molar-refractivity contribution in [2.24, 2.45) is 0 Å². The second-order valence-electron chi connectivity index (χ2n) is 4.21. The first-order chi connectivity index (χ1) is 7.59. The van der Waals surface area contributed by atoms with E-state index in [1.54, 1.807) is 0 Å². The highest BCUT2D eigenvalue weighted by atomic mass is 16.4. The maximum atomic E-state index is 11.3. The second-order valence-corrected chi connectivity index (χ2v) is 4.21. The lowest BCUT2D eigenvalue weighted by Gasteiger charge is -1.97. The molecule has 0 aromatic rings. The third-order valence-corrected chi connectivity index (χ3v) is 2.72. The Balaban J connectivity index is 2.12. The molecule has 1 aliphatic carbocycles. The molecule has 1 unspecified atom stereocenters. The zero-order valence-electron chi connectivity index (χ0n) is 9.32. The van der Waals surface area contributed by atoms with Crippen LogP contribution in [0.25, 0.3) is 0 Å². The van der Waals surface area contributed by atoms with E-state index in [4.69, 9.17) is 5.11 Å². The number of aliphatic hydroxyl groups is 1. The van der Waals surface area contributed by atoms with Crippen molar-refractivity contribution >= 4 is 11.8 Å². The van der Waals surface area contributed by atoms with Gasteiger partial charge in [0, 0.05) is 19.3 Å². The van der Waals surface area contributed by atoms with Gasteiger partial charge in [-0.15, -0.1) is 0 Å². The van der Waals surface area contributed by atoms with Crippen molar-refractivity contribution in [2.75, 3.05) is 0 Å². The van der Waals surface area contributed by atoms with Crippen molar-refractivity contribution < 1.29 is 19.8 Å². The molecule has 4 heteroatoms. The number of rotatable bonds is 6. The van der Waals surface area contributed by atoms with E-state index in [1.165, 1.54) is 0 Å². The van der Waals surface area contributed by atoms with Crippen LogP contribution in [0.2, 0.25) is 0 Å². The van der Waals surface area contributed by atoms with E-state index in [2.05, 4.69) is 0 Å². The molecule has 4 nitrogen and oxygen atoms in total. The van der Waals surface area contributed by atoms with E-state index in [0.717, 1.165) is 24.8 Å². The summed E-state index contributed by atoms with van der Waals surface area (Å²) in [7, 11) is 0. The predicted octanol–water partition coefficient (Wildman–Crippen LogP) is 1.67. The summed E-state index contributed by atoms with van der Waals surface area (Å²) < 4.78 is 0. The molecule has 1 atom stereocenters. The number of aliphatic carboxylic acids is 1. The number of ketones is 1. The molecule has 16 heavy (non-hydrogen) atoms. The third kappa shape index (κ3) is 4.57. The summed E-state index contributed by atoms with van der Waals surface area (Å²) >= 11 is 0. The van der Waals surface area contributed by atoms with Crippen LogP contribution in [0.15, 0.2) is 11.6 Å². The number of aliphatic hydroxyl groups excluding tert-OH is 1. The Morgan fingerprint density at radius 3 is 2.62 bits per heavy atom. The van der Waals surface area contributed by atoms with E-state index < -0.39 is 12.1 Å². The first-order valence-corrected chi connectivity index (χ1v) is 5.71. The van der Waals surface area contributed by atoms with Gasteiger partial charge in [-0.1, -0.05) is 12.5 Å². The van der Waals surface area contributed by atoms with Crippen molar-refractivity contribution in [3.63, 3.8) is 0 Å². The number of Topliss-reactive ketones (excluding diaryl/α,β-unsaturated/α-hetero) is 1. The number of hydrogen-bond acceptors (Lipinski definition) is 3. The zero-order valence-corrected chi connectivity index (χ0v) is 9.32. The van der Waals surface area contributed by atoms with Crippen LogP contribution in [0, 0.1) is 0 Å². The first kappa shape index (κ1) is 12.9. The highest BCUT2D eigenvalue weighted by Crippen LogP contribution is 2.22. The number of carbonyl (C=O) groups is 2. The van der Waals surface area contributed by atoms with Crippen LogP contribution in [-0.2, 0) is 9.59 Å². The summed E-state index contributed by atoms with van der Waals surface area (Å²) in [6.45, 7) is 0. The van der Waals surface area contributed by atoms with Crippen LogP contribution in [0.1, 0.15) is 44.9 Å². The molecule has 0 aromatic carbocycles. The number of carboxylic acids is 1. The van der Waals surface area contributed by atoms with E-state index in [1.807, 2.05) is 6.08 Å². The SMILES string of the molecule is O=C(O)CCCCC/C=C1/CC(O)CC1=O. The minimum atomic E-state index is -0.757. The molecular weight excluding hydrogens is 208 g/mol. The van der Waals surface area contributed by atoms with E-state index in [9.17, 15) is 14.7 Å². The monoisotopic (exact) mass is 226 g/mol. The lowest BCUT2D eigenvalue weighted by molar-refractivity contribution is -0.137. The number of unbranched alkanes of at least 4 members (excludes halogenated alkanes) is 3. The largest absolute Gasteiger partial charge is 0.481 e. The fraction of sp³-hybridized carbons (Fsp3) is 0.667. The summed E-state index contributed by atoms with van der Waals surface area (Å²) in [5, 5.41) is 17.7. The predicted molar refractivity (Wildman–Crippen MR) is 59.1 cm³/mol. The molecule has 0 heterocycles. The Kier molecular flexibility index (Phi) is 5.19. The Morgan fingerprint density at radius 1 is 1.31 bits per heavy atom. The number of hydrogen-bond donors (Lipinski definition) is 2. The van der Waals surface area contributed by atoms with Crippen LogP contribution in [0.5, 0.6) is 0 Å². The molecule has 1 aliphatic rings. The fourth-order valence-electron chi connectivity index (χ4n) is 1.86. The van der Waals surface area contributed by atoms with Crippen LogP contribution in [0.4, 0.5) is 0 Å². The molecule has 1 saturated carbocycles. The molecule has 0 radical (unpaired) electrons. The summed E-state index contributed by atoms with van der Waals surface area (Å²) in [5.41, 5.74) is 0.741. The minimum Gasteiger partial charge on any atom is -0.481 e. The van der Waals surface area contributed by atoms with Gasteiger partial charge in [-0.2, -0.15) is 0 Å². The maximum absolute atomic E-state index is 11.3. The van der Waals surface area contributed by atoms with Crippen LogP contribution in [-0.4, -0.2) is 28.1 Å². The van der Waals surface area contributed by atoms with Crippen LogP contribution >= 0.6 is 0 Å². The molecule has 90 valence electrons. The van der Waals surface area contributed by atoms with Gasteiger partial charge in [0.2, 0.25) is 0 Å². The quantitative estimate of drug-likeness (QED) is 0.533. The van der Waals surface area contributed by atoms with Gasteiger partial charge in [0.25, 0.3) is 0 Å². The second kappa shape index (κ2) is 6.43. The van der Waals surface area contributed by atoms with Crippen molar-refractivity contribution in [3.05, 3.63) is 11.6 Å². The van der Waals surface area contributed by atoms with E-state index in [0.29, 0.717) is 12.8 Å². The van der Waals surface area contributed by atoms with Crippen molar-refractivity contribution in [3.8, 4) is 0 Å². The molecule has 0 bridgehead atoms. The molecule has 0 spiro atoms. The van der Waals surface area contributed by atoms with Crippen LogP contribution in [0.3, 0.4) is 0 Å². The van der Waals surface area contributed by atoms with Gasteiger partial charge in [0.05, 0.1) is 6.10 Å². The summed E-state index contributed by atoms with van der Waals surface area (Å²) in [5.74, 6) is -0.703. The van der Waals surface area contributed by atoms with Crippen molar-refractivity contribution in [1.29, 1.82) is 0 Å². The Morgan fingerprint density at radius 2 is 2.06 bits per heavy atom. The lowest BCUT2D eigenvalue weighted by Crippen LogP contribution is -1.98. The Hall–Kier alpha value is -1.16. The van der Waals surface area contributed by atoms with E-state index in [-0.39, 0.29) is 18.6 Å². The smallest absolute Gasteiger partial charge is 0.303 e. The minimum absolute atomic E-state index is 0.0537. The molecule has 1 fully saturated rings. The third-order valence-electron chi connectivity index (χ3n) is 2.72. The van der Waals surface area contributed by atoms with Gasteiger partial charge in [-0.25, -0.2) is 0 Å². The number of carboxylic acid groups (broad SMARTS) is 1. The normalized spacial score (nSPS) is 22.9. The average molecular weight is 226 g/mol. The fourth-order valence-corrected chi connectivity index (χ4v) is 1.86. The van der Waals surface area contributed by atoms with Gasteiger partial charge in [0.15, 0.2) is 5.78 Å². The van der Waals surface area contributed by atoms with Gasteiger partial charge in [-0.3, -0.25) is 9.59 Å². The molecule has 0 amide bonds. The summed E-state index contributed by atoms with van der Waals surface area (Å²) in [6, 6.07) is 0. The van der Waals surface area contributed by atoms with Gasteiger partial charge >= 0.3 is 5.97 Å². The maximum Gasteiger partial charge on any atom is 0.303 e.